The summed E-state index contributed by atoms with van der Waals surface area (Å²) in [6.45, 7) is 5.89. The van der Waals surface area contributed by atoms with Crippen molar-refractivity contribution in [1.29, 1.82) is 0 Å². The third kappa shape index (κ3) is 3.01. The molecule has 0 amide bonds. The molecule has 2 nitrogen and oxygen atoms in total. The average molecular weight is 305 g/mol. The summed E-state index contributed by atoms with van der Waals surface area (Å²) in [7, 11) is 0. The number of thioether (sulfide) groups is 1. The SMILES string of the molecule is CSCCN1CC2(CCCC2)NCC1(C)c1ccccc1. The summed E-state index contributed by atoms with van der Waals surface area (Å²) in [6, 6.07) is 11.1. The lowest BCUT2D eigenvalue weighted by Gasteiger charge is -2.53. The molecule has 1 spiro atoms. The van der Waals surface area contributed by atoms with Gasteiger partial charge in [-0.3, -0.25) is 4.90 Å². The normalized spacial score (nSPS) is 29.0. The van der Waals surface area contributed by atoms with E-state index in [0.717, 1.165) is 6.54 Å². The largest absolute Gasteiger partial charge is 0.308 e. The van der Waals surface area contributed by atoms with Crippen LogP contribution in [0.2, 0.25) is 0 Å². The minimum Gasteiger partial charge on any atom is -0.308 e. The van der Waals surface area contributed by atoms with Crippen molar-refractivity contribution in [3.63, 3.8) is 0 Å². The quantitative estimate of drug-likeness (QED) is 0.917. The monoisotopic (exact) mass is 304 g/mol. The number of rotatable bonds is 4. The second-order valence-electron chi connectivity index (χ2n) is 6.90. The topological polar surface area (TPSA) is 15.3 Å². The Balaban J connectivity index is 1.85. The fraction of sp³-hybridized carbons (Fsp3) is 0.667. The summed E-state index contributed by atoms with van der Waals surface area (Å²) >= 11 is 1.96. The number of hydrogen-bond donors (Lipinski definition) is 1. The van der Waals surface area contributed by atoms with Crippen molar-refractivity contribution in [3.05, 3.63) is 35.9 Å². The third-order valence-corrected chi connectivity index (χ3v) is 6.11. The van der Waals surface area contributed by atoms with Gasteiger partial charge in [0.15, 0.2) is 0 Å². The van der Waals surface area contributed by atoms with Crippen LogP contribution < -0.4 is 5.32 Å². The minimum absolute atomic E-state index is 0.130. The lowest BCUT2D eigenvalue weighted by Crippen LogP contribution is -2.67. The van der Waals surface area contributed by atoms with Crippen LogP contribution in [0.25, 0.3) is 0 Å². The van der Waals surface area contributed by atoms with E-state index < -0.39 is 0 Å². The van der Waals surface area contributed by atoms with Crippen LogP contribution in [0, 0.1) is 0 Å². The summed E-state index contributed by atoms with van der Waals surface area (Å²) in [4.78, 5) is 2.75. The second kappa shape index (κ2) is 6.31. The molecular weight excluding hydrogens is 276 g/mol. The molecule has 1 aliphatic heterocycles. The maximum absolute atomic E-state index is 3.94. The maximum atomic E-state index is 3.94. The Morgan fingerprint density at radius 3 is 2.57 bits per heavy atom. The number of piperazine rings is 1. The van der Waals surface area contributed by atoms with Crippen LogP contribution in [-0.4, -0.2) is 42.1 Å². The van der Waals surface area contributed by atoms with Crippen molar-refractivity contribution in [2.24, 2.45) is 0 Å². The molecule has 0 aromatic heterocycles. The molecule has 21 heavy (non-hydrogen) atoms. The summed E-state index contributed by atoms with van der Waals surface area (Å²) in [5.41, 5.74) is 1.98. The molecule has 1 atom stereocenters. The zero-order valence-electron chi connectivity index (χ0n) is 13.4. The lowest BCUT2D eigenvalue weighted by atomic mass is 9.82. The fourth-order valence-corrected chi connectivity index (χ4v) is 4.47. The maximum Gasteiger partial charge on any atom is 0.0558 e. The molecule has 1 heterocycles. The Morgan fingerprint density at radius 2 is 1.90 bits per heavy atom. The molecule has 116 valence electrons. The van der Waals surface area contributed by atoms with E-state index in [-0.39, 0.29) is 5.54 Å². The predicted octanol–water partition coefficient (Wildman–Crippen LogP) is 3.48. The highest BCUT2D eigenvalue weighted by atomic mass is 32.2. The molecule has 2 fully saturated rings. The van der Waals surface area contributed by atoms with Gasteiger partial charge >= 0.3 is 0 Å². The first kappa shape index (κ1) is 15.4. The van der Waals surface area contributed by atoms with E-state index in [1.807, 2.05) is 11.8 Å². The Labute approximate surface area is 133 Å². The number of nitrogens with zero attached hydrogens (tertiary/aromatic N) is 1. The van der Waals surface area contributed by atoms with Crippen LogP contribution in [0.3, 0.4) is 0 Å². The molecule has 1 aromatic carbocycles. The van der Waals surface area contributed by atoms with E-state index >= 15 is 0 Å². The summed E-state index contributed by atoms with van der Waals surface area (Å²) in [5.74, 6) is 1.22. The van der Waals surface area contributed by atoms with E-state index in [2.05, 4.69) is 53.7 Å². The Hall–Kier alpha value is -0.510. The van der Waals surface area contributed by atoms with Gasteiger partial charge in [-0.25, -0.2) is 0 Å². The van der Waals surface area contributed by atoms with Crippen LogP contribution in [0.5, 0.6) is 0 Å². The Kier molecular flexibility index (Phi) is 4.63. The summed E-state index contributed by atoms with van der Waals surface area (Å²) < 4.78 is 0. The van der Waals surface area contributed by atoms with Gasteiger partial charge in [-0.05, 0) is 31.6 Å². The van der Waals surface area contributed by atoms with Gasteiger partial charge in [0.2, 0.25) is 0 Å². The highest BCUT2D eigenvalue weighted by Crippen LogP contribution is 2.39. The van der Waals surface area contributed by atoms with E-state index in [9.17, 15) is 0 Å². The number of benzene rings is 1. The summed E-state index contributed by atoms with van der Waals surface area (Å²) in [6.07, 6.45) is 7.71. The van der Waals surface area contributed by atoms with Crippen LogP contribution in [0.1, 0.15) is 38.2 Å². The number of nitrogens with one attached hydrogen (secondary N) is 1. The average Bonchev–Trinajstić information content (AvgIpc) is 2.98. The molecule has 1 unspecified atom stereocenters. The lowest BCUT2D eigenvalue weighted by molar-refractivity contribution is 0.0193. The van der Waals surface area contributed by atoms with Crippen molar-refractivity contribution >= 4 is 11.8 Å². The van der Waals surface area contributed by atoms with Crippen molar-refractivity contribution in [2.45, 2.75) is 43.7 Å². The first-order valence-corrected chi connectivity index (χ1v) is 9.63. The highest BCUT2D eigenvalue weighted by molar-refractivity contribution is 7.98. The van der Waals surface area contributed by atoms with Crippen molar-refractivity contribution in [3.8, 4) is 0 Å². The molecular formula is C18H28N2S. The standard InChI is InChI=1S/C18H28N2S/c1-17(16-8-4-3-5-9-16)14-19-18(10-6-7-11-18)15-20(17)12-13-21-2/h3-5,8-9,19H,6-7,10-15H2,1-2H3. The highest BCUT2D eigenvalue weighted by Gasteiger charge is 2.46. The Bertz CT molecular complexity index is 456. The van der Waals surface area contributed by atoms with Crippen molar-refractivity contribution in [1.82, 2.24) is 10.2 Å². The zero-order valence-corrected chi connectivity index (χ0v) is 14.2. The van der Waals surface area contributed by atoms with Gasteiger partial charge in [-0.15, -0.1) is 0 Å². The number of hydrogen-bond acceptors (Lipinski definition) is 3. The molecule has 1 saturated heterocycles. The van der Waals surface area contributed by atoms with Gasteiger partial charge in [0.1, 0.15) is 0 Å². The molecule has 0 bridgehead atoms. The van der Waals surface area contributed by atoms with Gasteiger partial charge < -0.3 is 5.32 Å². The van der Waals surface area contributed by atoms with Gasteiger partial charge in [-0.2, -0.15) is 11.8 Å². The predicted molar refractivity (Wildman–Crippen MR) is 93.0 cm³/mol. The first-order valence-electron chi connectivity index (χ1n) is 8.23. The van der Waals surface area contributed by atoms with E-state index in [0.29, 0.717) is 5.54 Å². The van der Waals surface area contributed by atoms with Gasteiger partial charge in [-0.1, -0.05) is 43.2 Å². The fourth-order valence-electron chi connectivity index (χ4n) is 4.06. The smallest absolute Gasteiger partial charge is 0.0558 e. The van der Waals surface area contributed by atoms with Gasteiger partial charge in [0.05, 0.1) is 5.54 Å². The van der Waals surface area contributed by atoms with E-state index in [4.69, 9.17) is 0 Å². The second-order valence-corrected chi connectivity index (χ2v) is 7.88. The molecule has 2 aliphatic rings. The van der Waals surface area contributed by atoms with Crippen molar-refractivity contribution < 1.29 is 0 Å². The van der Waals surface area contributed by atoms with Gasteiger partial charge in [0, 0.05) is 30.9 Å². The van der Waals surface area contributed by atoms with Crippen LogP contribution in [0.4, 0.5) is 0 Å². The molecule has 1 aromatic rings. The summed E-state index contributed by atoms with van der Waals surface area (Å²) in [5, 5.41) is 3.94. The van der Waals surface area contributed by atoms with Crippen LogP contribution in [-0.2, 0) is 5.54 Å². The van der Waals surface area contributed by atoms with E-state index in [1.54, 1.807) is 0 Å². The molecule has 0 radical (unpaired) electrons. The molecule has 1 saturated carbocycles. The van der Waals surface area contributed by atoms with Crippen LogP contribution >= 0.6 is 11.8 Å². The Morgan fingerprint density at radius 1 is 1.19 bits per heavy atom. The minimum atomic E-state index is 0.130. The molecule has 3 heteroatoms. The first-order chi connectivity index (χ1) is 10.2. The van der Waals surface area contributed by atoms with Crippen molar-refractivity contribution in [2.75, 3.05) is 31.6 Å². The molecule has 3 rings (SSSR count). The van der Waals surface area contributed by atoms with E-state index in [1.165, 1.54) is 50.1 Å². The zero-order chi connectivity index (χ0) is 14.8. The third-order valence-electron chi connectivity index (χ3n) is 5.52. The molecule has 1 N–H and O–H groups in total. The van der Waals surface area contributed by atoms with Gasteiger partial charge in [0.25, 0.3) is 0 Å². The molecule has 1 aliphatic carbocycles. The van der Waals surface area contributed by atoms with Crippen LogP contribution in [0.15, 0.2) is 30.3 Å².